The summed E-state index contributed by atoms with van der Waals surface area (Å²) in [6.45, 7) is 6.78. The van der Waals surface area contributed by atoms with E-state index in [-0.39, 0.29) is 11.7 Å². The van der Waals surface area contributed by atoms with Crippen LogP contribution in [0, 0.1) is 11.6 Å². The number of rotatable bonds is 6. The Kier molecular flexibility index (Phi) is 5.38. The highest BCUT2D eigenvalue weighted by Gasteiger charge is 2.21. The van der Waals surface area contributed by atoms with Crippen molar-refractivity contribution in [1.82, 2.24) is 0 Å². The summed E-state index contributed by atoms with van der Waals surface area (Å²) in [5.74, 6) is -1.68. The van der Waals surface area contributed by atoms with Crippen molar-refractivity contribution in [2.24, 2.45) is 0 Å². The molecule has 0 saturated carbocycles. The monoisotopic (exact) mass is 256 g/mol. The molecule has 4 heteroatoms. The van der Waals surface area contributed by atoms with Crippen molar-refractivity contribution in [3.63, 3.8) is 0 Å². The molecule has 0 aliphatic carbocycles. The van der Waals surface area contributed by atoms with Crippen LogP contribution in [0.15, 0.2) is 12.1 Å². The molecule has 0 aliphatic heterocycles. The standard InChI is InChI=1S/C14H22F2N2/c1-4-6-9-18(10(3)5-2)14-12(17)8-7-11(15)13(14)16/h7-8,10H,4-6,9,17H2,1-3H3. The molecule has 0 aromatic heterocycles. The van der Waals surface area contributed by atoms with Crippen LogP contribution < -0.4 is 10.6 Å². The van der Waals surface area contributed by atoms with Gasteiger partial charge in [-0.15, -0.1) is 0 Å². The summed E-state index contributed by atoms with van der Waals surface area (Å²) in [5.41, 5.74) is 6.31. The number of benzene rings is 1. The fraction of sp³-hybridized carbons (Fsp3) is 0.571. The Balaban J connectivity index is 3.15. The van der Waals surface area contributed by atoms with Crippen molar-refractivity contribution in [1.29, 1.82) is 0 Å². The highest BCUT2D eigenvalue weighted by Crippen LogP contribution is 2.31. The Morgan fingerprint density at radius 2 is 1.94 bits per heavy atom. The first-order valence-corrected chi connectivity index (χ1v) is 6.53. The molecule has 0 aliphatic rings. The molecule has 1 aromatic rings. The third kappa shape index (κ3) is 3.12. The van der Waals surface area contributed by atoms with Crippen molar-refractivity contribution in [3.05, 3.63) is 23.8 Å². The number of halogens is 2. The first-order valence-electron chi connectivity index (χ1n) is 6.53. The smallest absolute Gasteiger partial charge is 0.184 e. The predicted octanol–water partition coefficient (Wildman–Crippen LogP) is 3.95. The molecule has 0 spiro atoms. The van der Waals surface area contributed by atoms with Gasteiger partial charge in [0.15, 0.2) is 11.6 Å². The maximum absolute atomic E-state index is 13.9. The van der Waals surface area contributed by atoms with E-state index >= 15 is 0 Å². The minimum absolute atomic E-state index is 0.134. The van der Waals surface area contributed by atoms with Gasteiger partial charge in [0, 0.05) is 12.6 Å². The summed E-state index contributed by atoms with van der Waals surface area (Å²) in [6.07, 6.45) is 2.79. The number of anilines is 2. The number of hydrogen-bond acceptors (Lipinski definition) is 2. The van der Waals surface area contributed by atoms with Crippen LogP contribution in [0.25, 0.3) is 0 Å². The van der Waals surface area contributed by atoms with Gasteiger partial charge in [-0.2, -0.15) is 0 Å². The Morgan fingerprint density at radius 1 is 1.28 bits per heavy atom. The summed E-state index contributed by atoms with van der Waals surface area (Å²) < 4.78 is 27.3. The van der Waals surface area contributed by atoms with E-state index in [1.807, 2.05) is 18.7 Å². The maximum atomic E-state index is 13.9. The molecule has 0 amide bonds. The zero-order chi connectivity index (χ0) is 13.7. The first-order chi connectivity index (χ1) is 8.52. The average Bonchev–Trinajstić information content (AvgIpc) is 2.37. The minimum Gasteiger partial charge on any atom is -0.397 e. The lowest BCUT2D eigenvalue weighted by atomic mass is 10.1. The molecule has 0 fully saturated rings. The molecule has 0 bridgehead atoms. The number of nitrogens with two attached hydrogens (primary N) is 1. The zero-order valence-electron chi connectivity index (χ0n) is 11.3. The molecule has 1 aromatic carbocycles. The van der Waals surface area contributed by atoms with E-state index in [1.54, 1.807) is 0 Å². The lowest BCUT2D eigenvalue weighted by molar-refractivity contribution is 0.497. The molecule has 102 valence electrons. The van der Waals surface area contributed by atoms with Gasteiger partial charge in [-0.3, -0.25) is 0 Å². The molecule has 0 heterocycles. The Hall–Kier alpha value is -1.32. The van der Waals surface area contributed by atoms with Gasteiger partial charge in [0.1, 0.15) is 0 Å². The normalized spacial score (nSPS) is 12.5. The predicted molar refractivity (Wildman–Crippen MR) is 72.8 cm³/mol. The average molecular weight is 256 g/mol. The lowest BCUT2D eigenvalue weighted by Crippen LogP contribution is -2.35. The maximum Gasteiger partial charge on any atom is 0.184 e. The van der Waals surface area contributed by atoms with E-state index in [0.29, 0.717) is 12.2 Å². The summed E-state index contributed by atoms with van der Waals surface area (Å²) in [7, 11) is 0. The van der Waals surface area contributed by atoms with Gasteiger partial charge in [-0.1, -0.05) is 20.3 Å². The Bertz CT molecular complexity index is 394. The number of hydrogen-bond donors (Lipinski definition) is 1. The van der Waals surface area contributed by atoms with Gasteiger partial charge < -0.3 is 10.6 Å². The Labute approximate surface area is 108 Å². The van der Waals surface area contributed by atoms with E-state index < -0.39 is 11.6 Å². The second kappa shape index (κ2) is 6.57. The largest absolute Gasteiger partial charge is 0.397 e. The van der Waals surface area contributed by atoms with Crippen molar-refractivity contribution >= 4 is 11.4 Å². The van der Waals surface area contributed by atoms with Crippen LogP contribution in [0.2, 0.25) is 0 Å². The number of nitrogen functional groups attached to an aromatic ring is 1. The highest BCUT2D eigenvalue weighted by molar-refractivity contribution is 5.68. The van der Waals surface area contributed by atoms with E-state index in [2.05, 4.69) is 6.92 Å². The first kappa shape index (κ1) is 14.7. The van der Waals surface area contributed by atoms with Crippen molar-refractivity contribution in [3.8, 4) is 0 Å². The third-order valence-electron chi connectivity index (χ3n) is 3.26. The van der Waals surface area contributed by atoms with E-state index in [0.717, 1.165) is 25.3 Å². The quantitative estimate of drug-likeness (QED) is 0.781. The summed E-state index contributed by atoms with van der Waals surface area (Å²) in [5, 5.41) is 0. The third-order valence-corrected chi connectivity index (χ3v) is 3.26. The summed E-state index contributed by atoms with van der Waals surface area (Å²) >= 11 is 0. The summed E-state index contributed by atoms with van der Waals surface area (Å²) in [6, 6.07) is 2.63. The van der Waals surface area contributed by atoms with Crippen LogP contribution in [0.4, 0.5) is 20.2 Å². The fourth-order valence-electron chi connectivity index (χ4n) is 1.95. The minimum atomic E-state index is -0.844. The molecule has 18 heavy (non-hydrogen) atoms. The van der Waals surface area contributed by atoms with Crippen molar-refractivity contribution < 1.29 is 8.78 Å². The molecular formula is C14H22F2N2. The second-order valence-electron chi connectivity index (χ2n) is 4.60. The second-order valence-corrected chi connectivity index (χ2v) is 4.60. The van der Waals surface area contributed by atoms with E-state index in [4.69, 9.17) is 5.73 Å². The highest BCUT2D eigenvalue weighted by atomic mass is 19.2. The van der Waals surface area contributed by atoms with Crippen molar-refractivity contribution in [2.75, 3.05) is 17.2 Å². The topological polar surface area (TPSA) is 29.3 Å². The lowest BCUT2D eigenvalue weighted by Gasteiger charge is -2.32. The van der Waals surface area contributed by atoms with E-state index in [1.165, 1.54) is 6.07 Å². The molecule has 1 rings (SSSR count). The molecule has 2 nitrogen and oxygen atoms in total. The van der Waals surface area contributed by atoms with Crippen LogP contribution in [0.5, 0.6) is 0 Å². The van der Waals surface area contributed by atoms with Crippen LogP contribution in [-0.4, -0.2) is 12.6 Å². The number of unbranched alkanes of at least 4 members (excludes halogenated alkanes) is 1. The summed E-state index contributed by atoms with van der Waals surface area (Å²) in [4.78, 5) is 1.87. The van der Waals surface area contributed by atoms with Crippen LogP contribution in [0.1, 0.15) is 40.0 Å². The SMILES string of the molecule is CCCCN(c1c(N)ccc(F)c1F)C(C)CC. The van der Waals surface area contributed by atoms with Crippen LogP contribution in [0.3, 0.4) is 0 Å². The van der Waals surface area contributed by atoms with E-state index in [9.17, 15) is 8.78 Å². The van der Waals surface area contributed by atoms with Gasteiger partial charge in [-0.05, 0) is 31.9 Å². The van der Waals surface area contributed by atoms with Gasteiger partial charge in [0.05, 0.1) is 11.4 Å². The molecule has 1 atom stereocenters. The molecule has 0 saturated heterocycles. The number of nitrogens with zero attached hydrogens (tertiary/aromatic N) is 1. The molecule has 1 unspecified atom stereocenters. The van der Waals surface area contributed by atoms with Crippen LogP contribution >= 0.6 is 0 Å². The van der Waals surface area contributed by atoms with Gasteiger partial charge in [0.25, 0.3) is 0 Å². The van der Waals surface area contributed by atoms with Gasteiger partial charge in [-0.25, -0.2) is 8.78 Å². The fourth-order valence-corrected chi connectivity index (χ4v) is 1.95. The molecule has 0 radical (unpaired) electrons. The van der Waals surface area contributed by atoms with Gasteiger partial charge in [0.2, 0.25) is 0 Å². The zero-order valence-corrected chi connectivity index (χ0v) is 11.3. The van der Waals surface area contributed by atoms with Gasteiger partial charge >= 0.3 is 0 Å². The Morgan fingerprint density at radius 3 is 2.50 bits per heavy atom. The van der Waals surface area contributed by atoms with Crippen LogP contribution in [-0.2, 0) is 0 Å². The molecular weight excluding hydrogens is 234 g/mol. The molecule has 2 N–H and O–H groups in total. The van der Waals surface area contributed by atoms with Crippen molar-refractivity contribution in [2.45, 2.75) is 46.1 Å².